The summed E-state index contributed by atoms with van der Waals surface area (Å²) in [6.07, 6.45) is 2.97. The number of ketones is 1. The number of Topliss-reactive ketones (excluding diaryl/α,β-unsaturated/α-hetero) is 1. The van der Waals surface area contributed by atoms with Crippen LogP contribution in [0.3, 0.4) is 0 Å². The van der Waals surface area contributed by atoms with Crippen molar-refractivity contribution < 1.29 is 9.59 Å². The average molecular weight is 258 g/mol. The summed E-state index contributed by atoms with van der Waals surface area (Å²) >= 11 is 0. The van der Waals surface area contributed by atoms with E-state index in [0.29, 0.717) is 25.4 Å². The molecule has 4 heteroatoms. The minimum atomic E-state index is 0.0519. The Labute approximate surface area is 112 Å². The molecule has 1 aromatic rings. The Morgan fingerprint density at radius 3 is 2.89 bits per heavy atom. The zero-order chi connectivity index (χ0) is 13.2. The second kappa shape index (κ2) is 5.03. The largest absolute Gasteiger partial charge is 0.361 e. The standard InChI is InChI=1S/C15H18N2O2/c18-14-7-8-17(13-4-2-1-3-12(13)14)10-15(19)16-9-11-5-6-11/h1-4,11H,5-10H2,(H,16,19). The fraction of sp³-hybridized carbons (Fsp3) is 0.467. The molecule has 1 saturated carbocycles. The SMILES string of the molecule is O=C(CN1CCC(=O)c2ccccc21)NCC1CC1. The van der Waals surface area contributed by atoms with Crippen LogP contribution in [0.15, 0.2) is 24.3 Å². The molecule has 0 saturated heterocycles. The lowest BCUT2D eigenvalue weighted by molar-refractivity contribution is -0.119. The van der Waals surface area contributed by atoms with Gasteiger partial charge < -0.3 is 10.2 Å². The lowest BCUT2D eigenvalue weighted by Gasteiger charge is -2.29. The number of para-hydroxylation sites is 1. The number of nitrogens with one attached hydrogen (secondary N) is 1. The number of carbonyl (C=O) groups excluding carboxylic acids is 2. The molecule has 1 heterocycles. The Kier molecular flexibility index (Phi) is 3.23. The smallest absolute Gasteiger partial charge is 0.239 e. The van der Waals surface area contributed by atoms with Gasteiger partial charge in [0, 0.05) is 30.8 Å². The van der Waals surface area contributed by atoms with E-state index >= 15 is 0 Å². The van der Waals surface area contributed by atoms with Crippen molar-refractivity contribution in [2.45, 2.75) is 19.3 Å². The van der Waals surface area contributed by atoms with Crippen LogP contribution in [0.2, 0.25) is 0 Å². The van der Waals surface area contributed by atoms with Crippen molar-refractivity contribution in [3.8, 4) is 0 Å². The molecule has 1 aliphatic carbocycles. The van der Waals surface area contributed by atoms with Crippen LogP contribution in [-0.2, 0) is 4.79 Å². The van der Waals surface area contributed by atoms with E-state index in [1.165, 1.54) is 12.8 Å². The summed E-state index contributed by atoms with van der Waals surface area (Å²) in [5, 5.41) is 2.97. The first-order chi connectivity index (χ1) is 9.24. The van der Waals surface area contributed by atoms with Crippen molar-refractivity contribution in [1.82, 2.24) is 5.32 Å². The Balaban J connectivity index is 1.66. The molecular formula is C15H18N2O2. The molecule has 3 rings (SSSR count). The van der Waals surface area contributed by atoms with Gasteiger partial charge in [-0.3, -0.25) is 9.59 Å². The van der Waals surface area contributed by atoms with Gasteiger partial charge in [0.1, 0.15) is 0 Å². The molecule has 4 nitrogen and oxygen atoms in total. The summed E-state index contributed by atoms with van der Waals surface area (Å²) in [6.45, 7) is 1.77. The number of rotatable bonds is 4. The molecule has 1 aliphatic heterocycles. The monoisotopic (exact) mass is 258 g/mol. The molecular weight excluding hydrogens is 240 g/mol. The summed E-state index contributed by atoms with van der Waals surface area (Å²) in [5.41, 5.74) is 1.63. The third-order valence-corrected chi connectivity index (χ3v) is 3.77. The summed E-state index contributed by atoms with van der Waals surface area (Å²) < 4.78 is 0. The van der Waals surface area contributed by atoms with Crippen LogP contribution >= 0.6 is 0 Å². The quantitative estimate of drug-likeness (QED) is 0.892. The summed E-state index contributed by atoms with van der Waals surface area (Å²) in [6, 6.07) is 7.53. The van der Waals surface area contributed by atoms with Crippen molar-refractivity contribution in [2.75, 3.05) is 24.5 Å². The highest BCUT2D eigenvalue weighted by Gasteiger charge is 2.25. The van der Waals surface area contributed by atoms with E-state index in [-0.39, 0.29) is 11.7 Å². The minimum absolute atomic E-state index is 0.0519. The third-order valence-electron chi connectivity index (χ3n) is 3.77. The van der Waals surface area contributed by atoms with Gasteiger partial charge in [-0.2, -0.15) is 0 Å². The number of hydrogen-bond donors (Lipinski definition) is 1. The number of anilines is 1. The van der Waals surface area contributed by atoms with Crippen molar-refractivity contribution in [2.24, 2.45) is 5.92 Å². The van der Waals surface area contributed by atoms with Crippen LogP contribution in [0.25, 0.3) is 0 Å². The molecule has 0 unspecified atom stereocenters. The van der Waals surface area contributed by atoms with Gasteiger partial charge in [-0.25, -0.2) is 0 Å². The molecule has 1 aromatic carbocycles. The Hall–Kier alpha value is -1.84. The topological polar surface area (TPSA) is 49.4 Å². The Bertz CT molecular complexity index is 509. The normalized spacial score (nSPS) is 18.1. The second-order valence-electron chi connectivity index (χ2n) is 5.36. The summed E-state index contributed by atoms with van der Waals surface area (Å²) in [4.78, 5) is 25.7. The van der Waals surface area contributed by atoms with E-state index in [1.54, 1.807) is 0 Å². The molecule has 1 fully saturated rings. The first-order valence-corrected chi connectivity index (χ1v) is 6.88. The summed E-state index contributed by atoms with van der Waals surface area (Å²) in [5.74, 6) is 0.917. The highest BCUT2D eigenvalue weighted by molar-refractivity contribution is 6.03. The predicted molar refractivity (Wildman–Crippen MR) is 73.3 cm³/mol. The molecule has 1 N–H and O–H groups in total. The van der Waals surface area contributed by atoms with Gasteiger partial charge in [-0.15, -0.1) is 0 Å². The van der Waals surface area contributed by atoms with E-state index in [2.05, 4.69) is 5.32 Å². The van der Waals surface area contributed by atoms with Gasteiger partial charge in [0.25, 0.3) is 0 Å². The van der Waals surface area contributed by atoms with Gasteiger partial charge in [0.05, 0.1) is 6.54 Å². The highest BCUT2D eigenvalue weighted by atomic mass is 16.2. The zero-order valence-corrected chi connectivity index (χ0v) is 10.9. The van der Waals surface area contributed by atoms with Crippen LogP contribution in [-0.4, -0.2) is 31.3 Å². The van der Waals surface area contributed by atoms with E-state index < -0.39 is 0 Å². The maximum Gasteiger partial charge on any atom is 0.239 e. The molecule has 0 bridgehead atoms. The zero-order valence-electron chi connectivity index (χ0n) is 10.9. The molecule has 19 heavy (non-hydrogen) atoms. The van der Waals surface area contributed by atoms with E-state index in [0.717, 1.165) is 17.8 Å². The molecule has 1 amide bonds. The van der Waals surface area contributed by atoms with Crippen molar-refractivity contribution >= 4 is 17.4 Å². The fourth-order valence-corrected chi connectivity index (χ4v) is 2.45. The number of carbonyl (C=O) groups is 2. The Morgan fingerprint density at radius 2 is 2.11 bits per heavy atom. The molecule has 100 valence electrons. The van der Waals surface area contributed by atoms with Crippen LogP contribution in [0.5, 0.6) is 0 Å². The van der Waals surface area contributed by atoms with Crippen LogP contribution in [0.1, 0.15) is 29.6 Å². The van der Waals surface area contributed by atoms with Crippen molar-refractivity contribution in [3.05, 3.63) is 29.8 Å². The molecule has 0 radical (unpaired) electrons. The molecule has 0 spiro atoms. The number of nitrogens with zero attached hydrogens (tertiary/aromatic N) is 1. The number of hydrogen-bond acceptors (Lipinski definition) is 3. The minimum Gasteiger partial charge on any atom is -0.361 e. The van der Waals surface area contributed by atoms with E-state index in [9.17, 15) is 9.59 Å². The van der Waals surface area contributed by atoms with Gasteiger partial charge >= 0.3 is 0 Å². The lowest BCUT2D eigenvalue weighted by Crippen LogP contribution is -2.41. The first-order valence-electron chi connectivity index (χ1n) is 6.88. The second-order valence-corrected chi connectivity index (χ2v) is 5.36. The summed E-state index contributed by atoms with van der Waals surface area (Å²) in [7, 11) is 0. The maximum absolute atomic E-state index is 11.9. The van der Waals surface area contributed by atoms with E-state index in [1.807, 2.05) is 29.2 Å². The number of benzene rings is 1. The molecule has 0 atom stereocenters. The maximum atomic E-state index is 11.9. The number of amides is 1. The van der Waals surface area contributed by atoms with Crippen molar-refractivity contribution in [3.63, 3.8) is 0 Å². The third kappa shape index (κ3) is 2.78. The van der Waals surface area contributed by atoms with Crippen molar-refractivity contribution in [1.29, 1.82) is 0 Å². The lowest BCUT2D eigenvalue weighted by atomic mass is 10.0. The van der Waals surface area contributed by atoms with Crippen LogP contribution < -0.4 is 10.2 Å². The fourth-order valence-electron chi connectivity index (χ4n) is 2.45. The van der Waals surface area contributed by atoms with Gasteiger partial charge in [-0.05, 0) is 30.9 Å². The van der Waals surface area contributed by atoms with Gasteiger partial charge in [0.2, 0.25) is 5.91 Å². The highest BCUT2D eigenvalue weighted by Crippen LogP contribution is 2.28. The van der Waals surface area contributed by atoms with Gasteiger partial charge in [0.15, 0.2) is 5.78 Å². The predicted octanol–water partition coefficient (Wildman–Crippen LogP) is 1.61. The van der Waals surface area contributed by atoms with E-state index in [4.69, 9.17) is 0 Å². The van der Waals surface area contributed by atoms with Crippen LogP contribution in [0.4, 0.5) is 5.69 Å². The first kappa shape index (κ1) is 12.2. The van der Waals surface area contributed by atoms with Crippen LogP contribution in [0, 0.1) is 5.92 Å². The molecule has 2 aliphatic rings. The van der Waals surface area contributed by atoms with Gasteiger partial charge in [-0.1, -0.05) is 12.1 Å². The Morgan fingerprint density at radius 1 is 1.32 bits per heavy atom. The average Bonchev–Trinajstić information content (AvgIpc) is 3.24. The molecule has 0 aromatic heterocycles. The number of fused-ring (bicyclic) bond motifs is 1.